The second kappa shape index (κ2) is 5.91. The number of amides is 1. The molecule has 3 rings (SSSR count). The second-order valence-corrected chi connectivity index (χ2v) is 6.16. The van der Waals surface area contributed by atoms with Gasteiger partial charge < -0.3 is 10.2 Å². The lowest BCUT2D eigenvalue weighted by molar-refractivity contribution is 0.0930. The van der Waals surface area contributed by atoms with Gasteiger partial charge in [-0.25, -0.2) is 0 Å². The van der Waals surface area contributed by atoms with Gasteiger partial charge in [0.1, 0.15) is 0 Å². The highest BCUT2D eigenvalue weighted by atomic mass is 16.2. The van der Waals surface area contributed by atoms with Gasteiger partial charge in [-0.1, -0.05) is 0 Å². The molecule has 0 spiro atoms. The van der Waals surface area contributed by atoms with Crippen LogP contribution in [0, 0.1) is 18.8 Å². The Kier molecular flexibility index (Phi) is 4.00. The van der Waals surface area contributed by atoms with Crippen LogP contribution in [-0.2, 0) is 0 Å². The summed E-state index contributed by atoms with van der Waals surface area (Å²) in [6.45, 7) is 6.19. The molecule has 2 aliphatic rings. The van der Waals surface area contributed by atoms with E-state index < -0.39 is 0 Å². The number of rotatable bonds is 5. The molecule has 1 amide bonds. The largest absolute Gasteiger partial charge is 0.350 e. The molecule has 20 heavy (non-hydrogen) atoms. The summed E-state index contributed by atoms with van der Waals surface area (Å²) in [6, 6.07) is 0. The number of aromatic amines is 1. The fourth-order valence-corrected chi connectivity index (χ4v) is 2.86. The topological polar surface area (TPSA) is 73.9 Å². The third kappa shape index (κ3) is 3.36. The van der Waals surface area contributed by atoms with E-state index in [1.54, 1.807) is 6.92 Å². The van der Waals surface area contributed by atoms with Crippen LogP contribution in [0.2, 0.25) is 0 Å². The number of hydrogen-bond donors (Lipinski definition) is 2. The summed E-state index contributed by atoms with van der Waals surface area (Å²) in [5.41, 5.74) is 1.07. The average Bonchev–Trinajstić information content (AvgIpc) is 3.16. The molecule has 0 unspecified atom stereocenters. The molecule has 2 N–H and O–H groups in total. The zero-order valence-electron chi connectivity index (χ0n) is 12.1. The van der Waals surface area contributed by atoms with E-state index in [0.29, 0.717) is 17.3 Å². The number of piperidine rings is 1. The SMILES string of the molecule is Cc1n[nH]nc1C(=O)NCC1CCN(CC2CC2)CC1. The lowest BCUT2D eigenvalue weighted by Gasteiger charge is -2.31. The molecule has 1 aliphatic carbocycles. The van der Waals surface area contributed by atoms with Gasteiger partial charge in [0.15, 0.2) is 5.69 Å². The standard InChI is InChI=1S/C14H23N5O/c1-10-13(17-18-16-10)14(20)15-8-11-4-6-19(7-5-11)9-12-2-3-12/h11-12H,2-9H2,1H3,(H,15,20)(H,16,17,18). The summed E-state index contributed by atoms with van der Waals surface area (Å²) in [4.78, 5) is 14.5. The first-order valence-corrected chi connectivity index (χ1v) is 7.60. The maximum atomic E-state index is 11.9. The van der Waals surface area contributed by atoms with Gasteiger partial charge in [0.25, 0.3) is 5.91 Å². The van der Waals surface area contributed by atoms with Crippen molar-refractivity contribution in [3.63, 3.8) is 0 Å². The van der Waals surface area contributed by atoms with Crippen molar-refractivity contribution < 1.29 is 4.79 Å². The Morgan fingerprint density at radius 3 is 2.60 bits per heavy atom. The normalized spacial score (nSPS) is 21.1. The van der Waals surface area contributed by atoms with Crippen molar-refractivity contribution in [1.82, 2.24) is 25.6 Å². The van der Waals surface area contributed by atoms with Crippen molar-refractivity contribution in [2.24, 2.45) is 11.8 Å². The number of nitrogens with zero attached hydrogens (tertiary/aromatic N) is 3. The van der Waals surface area contributed by atoms with Gasteiger partial charge in [0.2, 0.25) is 0 Å². The minimum atomic E-state index is -0.114. The van der Waals surface area contributed by atoms with Crippen molar-refractivity contribution in [1.29, 1.82) is 0 Å². The van der Waals surface area contributed by atoms with E-state index in [-0.39, 0.29) is 5.91 Å². The van der Waals surface area contributed by atoms with Gasteiger partial charge in [-0.05, 0) is 57.5 Å². The van der Waals surface area contributed by atoms with E-state index >= 15 is 0 Å². The van der Waals surface area contributed by atoms with E-state index in [4.69, 9.17) is 0 Å². The quantitative estimate of drug-likeness (QED) is 0.841. The summed E-state index contributed by atoms with van der Waals surface area (Å²) >= 11 is 0. The summed E-state index contributed by atoms with van der Waals surface area (Å²) in [6.07, 6.45) is 5.22. The Morgan fingerprint density at radius 1 is 1.25 bits per heavy atom. The van der Waals surface area contributed by atoms with Crippen LogP contribution in [0.4, 0.5) is 0 Å². The third-order valence-corrected chi connectivity index (χ3v) is 4.41. The molecular weight excluding hydrogens is 254 g/mol. The number of H-pyrrole nitrogens is 1. The maximum Gasteiger partial charge on any atom is 0.273 e. The summed E-state index contributed by atoms with van der Waals surface area (Å²) in [5.74, 6) is 1.46. The van der Waals surface area contributed by atoms with Crippen molar-refractivity contribution in [2.75, 3.05) is 26.2 Å². The molecule has 1 saturated heterocycles. The zero-order chi connectivity index (χ0) is 13.9. The monoisotopic (exact) mass is 277 g/mol. The van der Waals surface area contributed by atoms with E-state index in [1.165, 1.54) is 45.3 Å². The number of carbonyl (C=O) groups excluding carboxylic acids is 1. The van der Waals surface area contributed by atoms with Crippen LogP contribution in [0.1, 0.15) is 41.9 Å². The summed E-state index contributed by atoms with van der Waals surface area (Å²) in [7, 11) is 0. The molecule has 1 saturated carbocycles. The van der Waals surface area contributed by atoms with Gasteiger partial charge in [0.05, 0.1) is 5.69 Å². The number of carbonyl (C=O) groups is 1. The average molecular weight is 277 g/mol. The van der Waals surface area contributed by atoms with Crippen LogP contribution < -0.4 is 5.32 Å². The molecule has 1 aromatic rings. The number of aryl methyl sites for hydroxylation is 1. The van der Waals surface area contributed by atoms with E-state index in [9.17, 15) is 4.79 Å². The second-order valence-electron chi connectivity index (χ2n) is 6.16. The Morgan fingerprint density at radius 2 is 2.00 bits per heavy atom. The van der Waals surface area contributed by atoms with Gasteiger partial charge >= 0.3 is 0 Å². The maximum absolute atomic E-state index is 11.9. The molecule has 0 radical (unpaired) electrons. The number of hydrogen-bond acceptors (Lipinski definition) is 4. The van der Waals surface area contributed by atoms with E-state index in [0.717, 1.165) is 12.5 Å². The van der Waals surface area contributed by atoms with Crippen LogP contribution >= 0.6 is 0 Å². The third-order valence-electron chi connectivity index (χ3n) is 4.41. The van der Waals surface area contributed by atoms with Crippen LogP contribution in [0.15, 0.2) is 0 Å². The lowest BCUT2D eigenvalue weighted by atomic mass is 9.96. The van der Waals surface area contributed by atoms with Crippen molar-refractivity contribution in [3.05, 3.63) is 11.4 Å². The molecular formula is C14H23N5O. The minimum absolute atomic E-state index is 0.114. The van der Waals surface area contributed by atoms with E-state index in [2.05, 4.69) is 25.6 Å². The first-order chi connectivity index (χ1) is 9.72. The molecule has 1 aromatic heterocycles. The molecule has 0 atom stereocenters. The fraction of sp³-hybridized carbons (Fsp3) is 0.786. The van der Waals surface area contributed by atoms with Crippen LogP contribution in [0.5, 0.6) is 0 Å². The van der Waals surface area contributed by atoms with Gasteiger partial charge in [-0.15, -0.1) is 0 Å². The Bertz CT molecular complexity index is 460. The number of aromatic nitrogens is 3. The zero-order valence-corrected chi connectivity index (χ0v) is 12.1. The molecule has 6 heteroatoms. The highest BCUT2D eigenvalue weighted by Crippen LogP contribution is 2.31. The number of nitrogens with one attached hydrogen (secondary N) is 2. The molecule has 2 fully saturated rings. The highest BCUT2D eigenvalue weighted by Gasteiger charge is 2.27. The summed E-state index contributed by atoms with van der Waals surface area (Å²) in [5, 5.41) is 13.2. The number of likely N-dealkylation sites (tertiary alicyclic amines) is 1. The van der Waals surface area contributed by atoms with Gasteiger partial charge in [-0.3, -0.25) is 4.79 Å². The Labute approximate surface area is 119 Å². The summed E-state index contributed by atoms with van der Waals surface area (Å²) < 4.78 is 0. The van der Waals surface area contributed by atoms with Gasteiger partial charge in [-0.2, -0.15) is 15.4 Å². The Balaban J connectivity index is 1.39. The lowest BCUT2D eigenvalue weighted by Crippen LogP contribution is -2.39. The predicted octanol–water partition coefficient (Wildman–Crippen LogP) is 0.965. The first kappa shape index (κ1) is 13.5. The Hall–Kier alpha value is -1.43. The molecule has 110 valence electrons. The van der Waals surface area contributed by atoms with E-state index in [1.807, 2.05) is 0 Å². The molecule has 0 aromatic carbocycles. The van der Waals surface area contributed by atoms with Crippen molar-refractivity contribution in [3.8, 4) is 0 Å². The van der Waals surface area contributed by atoms with Crippen molar-refractivity contribution in [2.45, 2.75) is 32.6 Å². The minimum Gasteiger partial charge on any atom is -0.350 e. The predicted molar refractivity (Wildman–Crippen MR) is 75.3 cm³/mol. The molecule has 2 heterocycles. The molecule has 0 bridgehead atoms. The fourth-order valence-electron chi connectivity index (χ4n) is 2.86. The van der Waals surface area contributed by atoms with Gasteiger partial charge in [0, 0.05) is 13.1 Å². The first-order valence-electron chi connectivity index (χ1n) is 7.60. The highest BCUT2D eigenvalue weighted by molar-refractivity contribution is 5.93. The van der Waals surface area contributed by atoms with Crippen LogP contribution in [0.25, 0.3) is 0 Å². The van der Waals surface area contributed by atoms with Crippen LogP contribution in [0.3, 0.4) is 0 Å². The smallest absolute Gasteiger partial charge is 0.273 e. The molecule has 6 nitrogen and oxygen atoms in total. The van der Waals surface area contributed by atoms with Crippen LogP contribution in [-0.4, -0.2) is 52.4 Å². The molecule has 1 aliphatic heterocycles. The van der Waals surface area contributed by atoms with Crippen molar-refractivity contribution >= 4 is 5.91 Å².